The molecule has 2 N–H and O–H groups in total. The lowest BCUT2D eigenvalue weighted by Gasteiger charge is -1.97. The zero-order chi connectivity index (χ0) is 12.0. The van der Waals surface area contributed by atoms with Crippen LogP contribution >= 0.6 is 16.5 Å². The van der Waals surface area contributed by atoms with Crippen LogP contribution < -0.4 is 0 Å². The van der Waals surface area contributed by atoms with E-state index in [1.165, 1.54) is 0 Å². The molecule has 0 amide bonds. The molecule has 8 heteroatoms. The Kier molecular flexibility index (Phi) is 5.63. The van der Waals surface area contributed by atoms with E-state index >= 15 is 0 Å². The van der Waals surface area contributed by atoms with Crippen molar-refractivity contribution in [3.63, 3.8) is 0 Å². The fraction of sp³-hybridized carbons (Fsp3) is 0.250. The molecule has 0 aliphatic rings. The summed E-state index contributed by atoms with van der Waals surface area (Å²) in [6.45, 7) is 0.0855. The minimum atomic E-state index is -2.59. The highest BCUT2D eigenvalue weighted by atomic mass is 31.1. The topological polar surface area (TPSA) is 93.1 Å². The van der Waals surface area contributed by atoms with Crippen molar-refractivity contribution in [3.8, 4) is 0 Å². The Bertz CT molecular complexity index is 340. The number of benzene rings is 1. The van der Waals surface area contributed by atoms with Gasteiger partial charge in [-0.15, -0.1) is 18.8 Å². The van der Waals surface area contributed by atoms with Gasteiger partial charge in [-0.25, -0.2) is 0 Å². The highest BCUT2D eigenvalue weighted by Gasteiger charge is 2.13. The van der Waals surface area contributed by atoms with Crippen molar-refractivity contribution in [2.75, 3.05) is 0 Å². The van der Waals surface area contributed by atoms with Crippen molar-refractivity contribution in [1.29, 1.82) is 0 Å². The zero-order valence-electron chi connectivity index (χ0n) is 8.15. The average molecular weight is 264 g/mol. The third-order valence-electron chi connectivity index (χ3n) is 1.71. The maximum Gasteiger partial charge on any atom is 0.695 e. The van der Waals surface area contributed by atoms with E-state index in [0.717, 1.165) is 11.1 Å². The summed E-state index contributed by atoms with van der Waals surface area (Å²) in [5.41, 5.74) is 1.46. The molecule has 0 aliphatic carbocycles. The predicted molar refractivity (Wildman–Crippen MR) is 55.7 cm³/mol. The monoisotopic (exact) mass is 264 g/mol. The molecule has 6 nitrogen and oxygen atoms in total. The third-order valence-corrected chi connectivity index (χ3v) is 2.41. The summed E-state index contributed by atoms with van der Waals surface area (Å²) in [6.07, 6.45) is 0. The van der Waals surface area contributed by atoms with E-state index in [-0.39, 0.29) is 13.2 Å². The quantitative estimate of drug-likeness (QED) is 0.763. The van der Waals surface area contributed by atoms with E-state index in [1.807, 2.05) is 0 Å². The molecule has 1 aromatic carbocycles. The van der Waals surface area contributed by atoms with Crippen LogP contribution in [0.5, 0.6) is 0 Å². The largest absolute Gasteiger partial charge is 0.695 e. The summed E-state index contributed by atoms with van der Waals surface area (Å²) in [5, 5.41) is 0. The SMILES string of the molecule is O=[P+](O)OCc1ccc(CO[P+](=O)O)cc1. The Balaban J connectivity index is 2.47. The van der Waals surface area contributed by atoms with Crippen LogP contribution in [0.3, 0.4) is 0 Å². The second-order valence-electron chi connectivity index (χ2n) is 2.84. The minimum absolute atomic E-state index is 0.0428. The lowest BCUT2D eigenvalue weighted by molar-refractivity contribution is 0.269. The van der Waals surface area contributed by atoms with Gasteiger partial charge in [0.1, 0.15) is 13.2 Å². The average Bonchev–Trinajstić information content (AvgIpc) is 2.25. The summed E-state index contributed by atoms with van der Waals surface area (Å²) in [6, 6.07) is 6.73. The molecule has 0 spiro atoms. The normalized spacial score (nSPS) is 12.4. The third kappa shape index (κ3) is 5.37. The molecular formula is C8H10O6P2+2. The maximum absolute atomic E-state index is 10.3. The van der Waals surface area contributed by atoms with Crippen molar-refractivity contribution < 1.29 is 28.0 Å². The lowest BCUT2D eigenvalue weighted by atomic mass is 10.1. The smallest absolute Gasteiger partial charge is 0.133 e. The molecule has 1 rings (SSSR count). The van der Waals surface area contributed by atoms with E-state index < -0.39 is 16.5 Å². The van der Waals surface area contributed by atoms with Crippen molar-refractivity contribution in [2.24, 2.45) is 0 Å². The Morgan fingerprint density at radius 3 is 1.44 bits per heavy atom. The van der Waals surface area contributed by atoms with Gasteiger partial charge in [0.05, 0.1) is 0 Å². The highest BCUT2D eigenvalue weighted by molar-refractivity contribution is 7.32. The van der Waals surface area contributed by atoms with Crippen molar-refractivity contribution in [1.82, 2.24) is 0 Å². The Hall–Kier alpha value is -0.740. The molecule has 16 heavy (non-hydrogen) atoms. The number of rotatable bonds is 6. The van der Waals surface area contributed by atoms with Gasteiger partial charge in [-0.3, -0.25) is 0 Å². The van der Waals surface area contributed by atoms with Gasteiger partial charge >= 0.3 is 16.5 Å². The standard InChI is InChI=1S/C8H8O6P2/c9-15(10)13-5-7-1-2-8(4-3-7)6-14-16(11)12/h1-4H,5-6H2/p+2. The Morgan fingerprint density at radius 1 is 0.875 bits per heavy atom. The molecule has 2 unspecified atom stereocenters. The van der Waals surface area contributed by atoms with Gasteiger partial charge in [-0.05, 0) is 11.1 Å². The van der Waals surface area contributed by atoms with Crippen molar-refractivity contribution in [2.45, 2.75) is 13.2 Å². The van der Waals surface area contributed by atoms with Gasteiger partial charge in [-0.1, -0.05) is 24.3 Å². The molecule has 0 saturated carbocycles. The molecule has 0 heterocycles. The van der Waals surface area contributed by atoms with Gasteiger partial charge in [-0.2, -0.15) is 0 Å². The first-order valence-electron chi connectivity index (χ1n) is 4.24. The van der Waals surface area contributed by atoms with Crippen molar-refractivity contribution >= 4 is 16.5 Å². The Labute approximate surface area is 93.7 Å². The molecule has 0 bridgehead atoms. The van der Waals surface area contributed by atoms with Crippen LogP contribution in [0.25, 0.3) is 0 Å². The number of hydrogen-bond acceptors (Lipinski definition) is 4. The molecule has 0 fully saturated rings. The molecule has 0 aromatic heterocycles. The van der Waals surface area contributed by atoms with E-state index in [9.17, 15) is 9.13 Å². The second kappa shape index (κ2) is 6.76. The maximum atomic E-state index is 10.3. The molecule has 0 saturated heterocycles. The van der Waals surface area contributed by atoms with Crippen LogP contribution in [0.2, 0.25) is 0 Å². The fourth-order valence-corrected chi connectivity index (χ4v) is 1.51. The van der Waals surface area contributed by atoms with Gasteiger partial charge < -0.3 is 0 Å². The van der Waals surface area contributed by atoms with Crippen LogP contribution in [0.15, 0.2) is 24.3 Å². The van der Waals surface area contributed by atoms with Crippen LogP contribution in [0, 0.1) is 0 Å². The van der Waals surface area contributed by atoms with Crippen LogP contribution in [-0.4, -0.2) is 9.79 Å². The van der Waals surface area contributed by atoms with E-state index in [1.54, 1.807) is 24.3 Å². The van der Waals surface area contributed by atoms with Crippen molar-refractivity contribution in [3.05, 3.63) is 35.4 Å². The first kappa shape index (κ1) is 13.3. The van der Waals surface area contributed by atoms with E-state index in [4.69, 9.17) is 9.79 Å². The Morgan fingerprint density at radius 2 is 1.19 bits per heavy atom. The fourth-order valence-electron chi connectivity index (χ4n) is 0.991. The minimum Gasteiger partial charge on any atom is -0.133 e. The van der Waals surface area contributed by atoms with Gasteiger partial charge in [0.2, 0.25) is 0 Å². The highest BCUT2D eigenvalue weighted by Crippen LogP contribution is 2.20. The van der Waals surface area contributed by atoms with Crippen LogP contribution in [-0.2, 0) is 31.4 Å². The lowest BCUT2D eigenvalue weighted by Crippen LogP contribution is -1.89. The second-order valence-corrected chi connectivity index (χ2v) is 4.31. The van der Waals surface area contributed by atoms with Gasteiger partial charge in [0.15, 0.2) is 0 Å². The molecule has 0 aliphatic heterocycles. The summed E-state index contributed by atoms with van der Waals surface area (Å²) in [7, 11) is -5.19. The van der Waals surface area contributed by atoms with E-state index in [0.29, 0.717) is 0 Å². The summed E-state index contributed by atoms with van der Waals surface area (Å²) in [4.78, 5) is 16.8. The molecule has 86 valence electrons. The zero-order valence-corrected chi connectivity index (χ0v) is 9.93. The predicted octanol–water partition coefficient (Wildman–Crippen LogP) is 2.02. The summed E-state index contributed by atoms with van der Waals surface area (Å²) >= 11 is 0. The van der Waals surface area contributed by atoms with Gasteiger partial charge in [0.25, 0.3) is 0 Å². The molecule has 0 radical (unpaired) electrons. The summed E-state index contributed by atoms with van der Waals surface area (Å²) < 4.78 is 29.6. The first-order valence-corrected chi connectivity index (χ1v) is 6.50. The molecular weight excluding hydrogens is 254 g/mol. The van der Waals surface area contributed by atoms with Crippen LogP contribution in [0.4, 0.5) is 0 Å². The molecule has 2 atom stereocenters. The van der Waals surface area contributed by atoms with E-state index in [2.05, 4.69) is 9.05 Å². The van der Waals surface area contributed by atoms with Gasteiger partial charge in [0, 0.05) is 9.13 Å². The van der Waals surface area contributed by atoms with Crippen LogP contribution in [0.1, 0.15) is 11.1 Å². The molecule has 1 aromatic rings. The first-order chi connectivity index (χ1) is 7.58. The summed E-state index contributed by atoms with van der Waals surface area (Å²) in [5.74, 6) is 0. The number of hydrogen-bond donors (Lipinski definition) is 2.